The SMILES string of the molecule is O=S(=O)(Cc1cc(-c2ccc(F)cc2)no1)NCc1cccnc1. The molecule has 0 fully saturated rings. The predicted molar refractivity (Wildman–Crippen MR) is 85.6 cm³/mol. The third kappa shape index (κ3) is 4.24. The van der Waals surface area contributed by atoms with E-state index in [2.05, 4.69) is 14.9 Å². The highest BCUT2D eigenvalue weighted by molar-refractivity contribution is 7.88. The van der Waals surface area contributed by atoms with E-state index in [-0.39, 0.29) is 23.9 Å². The summed E-state index contributed by atoms with van der Waals surface area (Å²) >= 11 is 0. The van der Waals surface area contributed by atoms with Gasteiger partial charge in [-0.2, -0.15) is 0 Å². The molecule has 2 heterocycles. The van der Waals surface area contributed by atoms with Crippen LogP contribution >= 0.6 is 0 Å². The largest absolute Gasteiger partial charge is 0.360 e. The zero-order valence-corrected chi connectivity index (χ0v) is 13.3. The van der Waals surface area contributed by atoms with Gasteiger partial charge in [0.05, 0.1) is 0 Å². The summed E-state index contributed by atoms with van der Waals surface area (Å²) in [4.78, 5) is 3.92. The highest BCUT2D eigenvalue weighted by Crippen LogP contribution is 2.20. The van der Waals surface area contributed by atoms with E-state index >= 15 is 0 Å². The van der Waals surface area contributed by atoms with E-state index in [1.165, 1.54) is 18.2 Å². The smallest absolute Gasteiger partial charge is 0.219 e. The molecule has 1 N–H and O–H groups in total. The van der Waals surface area contributed by atoms with Crippen LogP contribution in [0.4, 0.5) is 4.39 Å². The second-order valence-electron chi connectivity index (χ2n) is 5.13. The summed E-state index contributed by atoms with van der Waals surface area (Å²) in [5.41, 5.74) is 1.85. The summed E-state index contributed by atoms with van der Waals surface area (Å²) in [5, 5.41) is 3.82. The molecule has 0 amide bonds. The Hall–Kier alpha value is -2.58. The Labute approximate surface area is 138 Å². The van der Waals surface area contributed by atoms with Crippen LogP contribution in [-0.4, -0.2) is 18.6 Å². The number of sulfonamides is 1. The van der Waals surface area contributed by atoms with Gasteiger partial charge in [0.15, 0.2) is 5.76 Å². The maximum atomic E-state index is 12.9. The molecule has 0 bridgehead atoms. The van der Waals surface area contributed by atoms with Crippen LogP contribution in [0.3, 0.4) is 0 Å². The van der Waals surface area contributed by atoms with Crippen molar-refractivity contribution in [1.82, 2.24) is 14.9 Å². The lowest BCUT2D eigenvalue weighted by Gasteiger charge is -2.04. The topological polar surface area (TPSA) is 85.1 Å². The molecule has 0 unspecified atom stereocenters. The fraction of sp³-hybridized carbons (Fsp3) is 0.125. The number of rotatable bonds is 6. The minimum atomic E-state index is -3.58. The minimum absolute atomic E-state index is 0.148. The number of aromatic nitrogens is 2. The summed E-state index contributed by atoms with van der Waals surface area (Å²) in [5.74, 6) is -0.487. The van der Waals surface area contributed by atoms with Gasteiger partial charge in [-0.1, -0.05) is 11.2 Å². The lowest BCUT2D eigenvalue weighted by molar-refractivity contribution is 0.394. The van der Waals surface area contributed by atoms with E-state index in [1.807, 2.05) is 0 Å². The van der Waals surface area contributed by atoms with Crippen molar-refractivity contribution in [2.75, 3.05) is 0 Å². The Morgan fingerprint density at radius 3 is 2.67 bits per heavy atom. The number of hydrogen-bond donors (Lipinski definition) is 1. The predicted octanol–water partition coefficient (Wildman–Crippen LogP) is 2.50. The standard InChI is InChI=1S/C16H14FN3O3S/c17-14-5-3-13(4-6-14)16-8-15(23-20-16)11-24(21,22)19-10-12-2-1-7-18-9-12/h1-9,19H,10-11H2. The van der Waals surface area contributed by atoms with E-state index in [0.717, 1.165) is 5.56 Å². The zero-order chi connectivity index (χ0) is 17.0. The summed E-state index contributed by atoms with van der Waals surface area (Å²) in [7, 11) is -3.58. The molecule has 2 aromatic heterocycles. The Bertz CT molecular complexity index is 909. The van der Waals surface area contributed by atoms with Crippen LogP contribution < -0.4 is 4.72 Å². The molecular weight excluding hydrogens is 333 g/mol. The van der Waals surface area contributed by atoms with Gasteiger partial charge in [0.1, 0.15) is 17.3 Å². The maximum absolute atomic E-state index is 12.9. The van der Waals surface area contributed by atoms with Crippen molar-refractivity contribution in [3.05, 3.63) is 72.0 Å². The third-order valence-corrected chi connectivity index (χ3v) is 4.50. The van der Waals surface area contributed by atoms with Crippen molar-refractivity contribution < 1.29 is 17.3 Å². The first-order valence-corrected chi connectivity index (χ1v) is 8.75. The molecule has 0 saturated carbocycles. The summed E-state index contributed by atoms with van der Waals surface area (Å²) in [6, 6.07) is 10.7. The molecule has 0 saturated heterocycles. The van der Waals surface area contributed by atoms with Crippen molar-refractivity contribution in [2.24, 2.45) is 0 Å². The molecule has 3 rings (SSSR count). The first kappa shape index (κ1) is 16.3. The zero-order valence-electron chi connectivity index (χ0n) is 12.5. The molecule has 0 aliphatic heterocycles. The van der Waals surface area contributed by atoms with Crippen molar-refractivity contribution >= 4 is 10.0 Å². The van der Waals surface area contributed by atoms with Crippen molar-refractivity contribution in [1.29, 1.82) is 0 Å². The van der Waals surface area contributed by atoms with Gasteiger partial charge in [0.2, 0.25) is 10.0 Å². The molecule has 0 aliphatic carbocycles. The van der Waals surface area contributed by atoms with Gasteiger partial charge in [-0.3, -0.25) is 4.98 Å². The molecule has 3 aromatic rings. The molecule has 0 aliphatic rings. The van der Waals surface area contributed by atoms with Gasteiger partial charge in [-0.15, -0.1) is 0 Å². The van der Waals surface area contributed by atoms with E-state index < -0.39 is 10.0 Å². The van der Waals surface area contributed by atoms with Gasteiger partial charge < -0.3 is 4.52 Å². The lowest BCUT2D eigenvalue weighted by atomic mass is 10.1. The normalized spacial score (nSPS) is 11.5. The Balaban J connectivity index is 1.66. The van der Waals surface area contributed by atoms with Crippen LogP contribution in [0.15, 0.2) is 59.4 Å². The van der Waals surface area contributed by atoms with Gasteiger partial charge in [0.25, 0.3) is 0 Å². The minimum Gasteiger partial charge on any atom is -0.360 e. The first-order chi connectivity index (χ1) is 11.5. The number of halogens is 1. The number of benzene rings is 1. The molecule has 0 radical (unpaired) electrons. The second kappa shape index (κ2) is 6.90. The summed E-state index contributed by atoms with van der Waals surface area (Å²) in [6.07, 6.45) is 3.20. The fourth-order valence-corrected chi connectivity index (χ4v) is 3.07. The monoisotopic (exact) mass is 347 g/mol. The molecule has 24 heavy (non-hydrogen) atoms. The van der Waals surface area contributed by atoms with Crippen molar-refractivity contribution in [3.63, 3.8) is 0 Å². The van der Waals surface area contributed by atoms with Crippen LogP contribution in [0, 0.1) is 5.82 Å². The number of nitrogens with one attached hydrogen (secondary N) is 1. The number of nitrogens with zero attached hydrogens (tertiary/aromatic N) is 2. The molecule has 124 valence electrons. The molecular formula is C16H14FN3O3S. The Morgan fingerprint density at radius 2 is 1.96 bits per heavy atom. The average molecular weight is 347 g/mol. The quantitative estimate of drug-likeness (QED) is 0.740. The van der Waals surface area contributed by atoms with Crippen LogP contribution in [-0.2, 0) is 22.3 Å². The second-order valence-corrected chi connectivity index (χ2v) is 6.93. The van der Waals surface area contributed by atoms with E-state index in [9.17, 15) is 12.8 Å². The summed E-state index contributed by atoms with van der Waals surface area (Å²) < 4.78 is 44.6. The van der Waals surface area contributed by atoms with Crippen LogP contribution in [0.5, 0.6) is 0 Å². The first-order valence-electron chi connectivity index (χ1n) is 7.10. The van der Waals surface area contributed by atoms with Gasteiger partial charge in [-0.05, 0) is 35.9 Å². The van der Waals surface area contributed by atoms with Crippen LogP contribution in [0.2, 0.25) is 0 Å². The third-order valence-electron chi connectivity index (χ3n) is 3.25. The summed E-state index contributed by atoms with van der Waals surface area (Å²) in [6.45, 7) is 0.148. The van der Waals surface area contributed by atoms with E-state index in [1.54, 1.807) is 36.7 Å². The highest BCUT2D eigenvalue weighted by atomic mass is 32.2. The van der Waals surface area contributed by atoms with Crippen molar-refractivity contribution in [2.45, 2.75) is 12.3 Å². The van der Waals surface area contributed by atoms with Gasteiger partial charge in [-0.25, -0.2) is 17.5 Å². The van der Waals surface area contributed by atoms with Crippen LogP contribution in [0.25, 0.3) is 11.3 Å². The van der Waals surface area contributed by atoms with E-state index in [0.29, 0.717) is 11.3 Å². The number of hydrogen-bond acceptors (Lipinski definition) is 5. The van der Waals surface area contributed by atoms with Crippen molar-refractivity contribution in [3.8, 4) is 11.3 Å². The molecule has 0 spiro atoms. The molecule has 6 nitrogen and oxygen atoms in total. The molecule has 8 heteroatoms. The average Bonchev–Trinajstić information content (AvgIpc) is 3.02. The lowest BCUT2D eigenvalue weighted by Crippen LogP contribution is -2.24. The van der Waals surface area contributed by atoms with E-state index in [4.69, 9.17) is 4.52 Å². The Kier molecular flexibility index (Phi) is 4.68. The number of pyridine rings is 1. The Morgan fingerprint density at radius 1 is 1.17 bits per heavy atom. The van der Waals surface area contributed by atoms with Gasteiger partial charge >= 0.3 is 0 Å². The highest BCUT2D eigenvalue weighted by Gasteiger charge is 2.16. The molecule has 1 aromatic carbocycles. The van der Waals surface area contributed by atoms with Crippen LogP contribution in [0.1, 0.15) is 11.3 Å². The van der Waals surface area contributed by atoms with Gasteiger partial charge in [0, 0.05) is 30.6 Å². The molecule has 0 atom stereocenters. The maximum Gasteiger partial charge on any atom is 0.219 e. The fourth-order valence-electron chi connectivity index (χ4n) is 2.07.